The number of ether oxygens (including phenoxy) is 1. The van der Waals surface area contributed by atoms with Crippen molar-refractivity contribution in [2.45, 2.75) is 89.6 Å². The smallest absolute Gasteiger partial charge is 0.136 e. The Kier molecular flexibility index (Phi) is 6.97. The first kappa shape index (κ1) is 21.1. The summed E-state index contributed by atoms with van der Waals surface area (Å²) in [6, 6.07) is 0. The van der Waals surface area contributed by atoms with Gasteiger partial charge in [0.1, 0.15) is 5.78 Å². The minimum Gasteiger partial charge on any atom is -0.387 e. The first-order valence-corrected chi connectivity index (χ1v) is 8.85. The van der Waals surface area contributed by atoms with Crippen molar-refractivity contribution < 1.29 is 19.7 Å². The fraction of sp³-hybridized carbons (Fsp3) is 0.750. The molecule has 1 fully saturated rings. The molecular formula is C20H34O4. The van der Waals surface area contributed by atoms with Crippen molar-refractivity contribution in [1.82, 2.24) is 0 Å². The van der Waals surface area contributed by atoms with Crippen LogP contribution in [0, 0.1) is 5.92 Å². The third-order valence-corrected chi connectivity index (χ3v) is 4.64. The highest BCUT2D eigenvalue weighted by Gasteiger charge is 2.44. The van der Waals surface area contributed by atoms with Gasteiger partial charge in [-0.05, 0) is 46.0 Å². The van der Waals surface area contributed by atoms with Gasteiger partial charge >= 0.3 is 0 Å². The van der Waals surface area contributed by atoms with Crippen LogP contribution in [-0.4, -0.2) is 38.9 Å². The highest BCUT2D eigenvalue weighted by Crippen LogP contribution is 2.38. The van der Waals surface area contributed by atoms with E-state index in [4.69, 9.17) is 4.74 Å². The molecule has 0 aromatic heterocycles. The molecule has 0 bridgehead atoms. The summed E-state index contributed by atoms with van der Waals surface area (Å²) < 4.78 is 6.07. The van der Waals surface area contributed by atoms with Crippen molar-refractivity contribution in [3.05, 3.63) is 24.8 Å². The minimum atomic E-state index is -1.15. The summed E-state index contributed by atoms with van der Waals surface area (Å²) in [5, 5.41) is 20.6. The maximum atomic E-state index is 12.0. The number of carbonyl (C=O) groups is 1. The lowest BCUT2D eigenvalue weighted by Crippen LogP contribution is -2.42. The molecule has 0 radical (unpaired) electrons. The second kappa shape index (κ2) is 7.94. The monoisotopic (exact) mass is 338 g/mol. The summed E-state index contributed by atoms with van der Waals surface area (Å²) in [7, 11) is 0. The lowest BCUT2D eigenvalue weighted by atomic mass is 9.88. The molecule has 4 atom stereocenters. The Morgan fingerprint density at radius 3 is 2.58 bits per heavy atom. The Morgan fingerprint density at radius 1 is 1.42 bits per heavy atom. The van der Waals surface area contributed by atoms with Crippen molar-refractivity contribution in [2.75, 3.05) is 0 Å². The predicted octanol–water partition coefficient (Wildman–Crippen LogP) is 3.56. The third-order valence-electron chi connectivity index (χ3n) is 4.64. The topological polar surface area (TPSA) is 66.8 Å². The lowest BCUT2D eigenvalue weighted by molar-refractivity contribution is -0.138. The van der Waals surface area contributed by atoms with Crippen LogP contribution in [0.25, 0.3) is 0 Å². The van der Waals surface area contributed by atoms with Crippen LogP contribution in [0.3, 0.4) is 0 Å². The molecular weight excluding hydrogens is 304 g/mol. The molecule has 138 valence electrons. The quantitative estimate of drug-likeness (QED) is 0.631. The minimum absolute atomic E-state index is 0.0739. The van der Waals surface area contributed by atoms with Crippen LogP contribution >= 0.6 is 0 Å². The number of hydrogen-bond acceptors (Lipinski definition) is 4. The van der Waals surface area contributed by atoms with Crippen LogP contribution in [0.15, 0.2) is 24.8 Å². The normalized spacial score (nSPS) is 29.6. The van der Waals surface area contributed by atoms with Crippen molar-refractivity contribution in [3.63, 3.8) is 0 Å². The molecule has 0 aromatic carbocycles. The van der Waals surface area contributed by atoms with Gasteiger partial charge in [0, 0.05) is 12.8 Å². The molecule has 0 saturated carbocycles. The van der Waals surface area contributed by atoms with Crippen LogP contribution in [0.4, 0.5) is 0 Å². The summed E-state index contributed by atoms with van der Waals surface area (Å²) in [6.45, 7) is 13.0. The van der Waals surface area contributed by atoms with E-state index in [1.807, 2.05) is 32.9 Å². The van der Waals surface area contributed by atoms with Gasteiger partial charge in [-0.15, -0.1) is 6.58 Å². The maximum absolute atomic E-state index is 12.0. The fourth-order valence-electron chi connectivity index (χ4n) is 3.09. The summed E-state index contributed by atoms with van der Waals surface area (Å²) in [5.41, 5.74) is -2.56. The van der Waals surface area contributed by atoms with Crippen LogP contribution in [0.5, 0.6) is 0 Å². The highest BCUT2D eigenvalue weighted by atomic mass is 16.5. The van der Waals surface area contributed by atoms with Gasteiger partial charge in [-0.25, -0.2) is 0 Å². The molecule has 0 aromatic rings. The standard InChI is InChI=1S/C20H34O4/c1-7-18(4,22)10-8-11-19(5)12-9-17(24-19)20(6,23)14-16(21)13-15(2)3/h7-8,11,15,17,22-23H,1,9-10,12-14H2,2-6H3. The number of Topliss-reactive ketones (excluding diaryl/α,β-unsaturated/α-hetero) is 1. The van der Waals surface area contributed by atoms with Gasteiger partial charge in [0.25, 0.3) is 0 Å². The van der Waals surface area contributed by atoms with E-state index in [-0.39, 0.29) is 18.3 Å². The highest BCUT2D eigenvalue weighted by molar-refractivity contribution is 5.79. The maximum Gasteiger partial charge on any atom is 0.136 e. The van der Waals surface area contributed by atoms with Gasteiger partial charge in [-0.2, -0.15) is 0 Å². The van der Waals surface area contributed by atoms with E-state index in [2.05, 4.69) is 6.58 Å². The number of aliphatic hydroxyl groups is 2. The zero-order chi connectivity index (χ0) is 18.6. The zero-order valence-corrected chi connectivity index (χ0v) is 15.8. The van der Waals surface area contributed by atoms with Crippen molar-refractivity contribution >= 4 is 5.78 Å². The number of ketones is 1. The van der Waals surface area contributed by atoms with E-state index < -0.39 is 16.8 Å². The Labute approximate surface area is 146 Å². The van der Waals surface area contributed by atoms with Crippen LogP contribution < -0.4 is 0 Å². The van der Waals surface area contributed by atoms with Crippen molar-refractivity contribution in [1.29, 1.82) is 0 Å². The Bertz CT molecular complexity index is 476. The average Bonchev–Trinajstić information content (AvgIpc) is 2.80. The molecule has 4 nitrogen and oxygen atoms in total. The molecule has 24 heavy (non-hydrogen) atoms. The van der Waals surface area contributed by atoms with Gasteiger partial charge in [0.05, 0.1) is 22.9 Å². The van der Waals surface area contributed by atoms with E-state index in [1.165, 1.54) is 6.08 Å². The second-order valence-electron chi connectivity index (χ2n) is 8.30. The molecule has 1 aliphatic rings. The van der Waals surface area contributed by atoms with E-state index in [1.54, 1.807) is 13.8 Å². The van der Waals surface area contributed by atoms with E-state index in [0.717, 1.165) is 6.42 Å². The lowest BCUT2D eigenvalue weighted by Gasteiger charge is -2.31. The SMILES string of the molecule is C=CC(C)(O)CC=CC1(C)CCC(C(C)(O)CC(=O)CC(C)C)O1. The Balaban J connectivity index is 2.64. The fourth-order valence-corrected chi connectivity index (χ4v) is 3.09. The summed E-state index contributed by atoms with van der Waals surface area (Å²) >= 11 is 0. The van der Waals surface area contributed by atoms with E-state index >= 15 is 0 Å². The third kappa shape index (κ3) is 6.50. The molecule has 0 aliphatic carbocycles. The van der Waals surface area contributed by atoms with Gasteiger partial charge in [-0.3, -0.25) is 4.79 Å². The van der Waals surface area contributed by atoms with E-state index in [0.29, 0.717) is 25.2 Å². The molecule has 1 heterocycles. The first-order chi connectivity index (χ1) is 10.9. The van der Waals surface area contributed by atoms with Gasteiger partial charge in [-0.1, -0.05) is 32.1 Å². The number of rotatable bonds is 9. The van der Waals surface area contributed by atoms with E-state index in [9.17, 15) is 15.0 Å². The van der Waals surface area contributed by atoms with Gasteiger partial charge < -0.3 is 14.9 Å². The average molecular weight is 338 g/mol. The van der Waals surface area contributed by atoms with Crippen molar-refractivity contribution in [2.24, 2.45) is 5.92 Å². The van der Waals surface area contributed by atoms with Crippen LogP contribution in [0.2, 0.25) is 0 Å². The molecule has 4 heteroatoms. The molecule has 0 amide bonds. The molecule has 2 N–H and O–H groups in total. The second-order valence-corrected chi connectivity index (χ2v) is 8.30. The van der Waals surface area contributed by atoms with Crippen molar-refractivity contribution in [3.8, 4) is 0 Å². The molecule has 1 aliphatic heterocycles. The van der Waals surface area contributed by atoms with Gasteiger partial charge in [0.2, 0.25) is 0 Å². The van der Waals surface area contributed by atoms with Crippen LogP contribution in [-0.2, 0) is 9.53 Å². The number of hydrogen-bond donors (Lipinski definition) is 2. The van der Waals surface area contributed by atoms with Gasteiger partial charge in [0.15, 0.2) is 0 Å². The summed E-state index contributed by atoms with van der Waals surface area (Å²) in [5.74, 6) is 0.369. The molecule has 4 unspecified atom stereocenters. The molecule has 1 rings (SSSR count). The van der Waals surface area contributed by atoms with Crippen LogP contribution in [0.1, 0.15) is 66.7 Å². The summed E-state index contributed by atoms with van der Waals surface area (Å²) in [6.07, 6.45) is 7.55. The molecule has 0 spiro atoms. The summed E-state index contributed by atoms with van der Waals surface area (Å²) in [4.78, 5) is 12.0. The number of carbonyl (C=O) groups excluding carboxylic acids is 1. The first-order valence-electron chi connectivity index (χ1n) is 8.85. The predicted molar refractivity (Wildman–Crippen MR) is 96.8 cm³/mol. The molecule has 1 saturated heterocycles. The Morgan fingerprint density at radius 2 is 2.04 bits per heavy atom. The largest absolute Gasteiger partial charge is 0.387 e. The zero-order valence-electron chi connectivity index (χ0n) is 15.8. The Hall–Kier alpha value is -0.970.